The van der Waals surface area contributed by atoms with E-state index >= 15 is 0 Å². The van der Waals surface area contributed by atoms with Crippen molar-refractivity contribution in [2.24, 2.45) is 0 Å². The van der Waals surface area contributed by atoms with Crippen LogP contribution in [0.15, 0.2) is 24.3 Å². The fourth-order valence-corrected chi connectivity index (χ4v) is 2.77. The predicted octanol–water partition coefficient (Wildman–Crippen LogP) is 2.07. The number of nitrogens with zero attached hydrogens (tertiary/aromatic N) is 2. The molecule has 3 nitrogen and oxygen atoms in total. The molecule has 0 amide bonds. The lowest BCUT2D eigenvalue weighted by Gasteiger charge is -2.34. The van der Waals surface area contributed by atoms with Gasteiger partial charge in [0, 0.05) is 19.6 Å². The van der Waals surface area contributed by atoms with Gasteiger partial charge in [0.25, 0.3) is 0 Å². The Labute approximate surface area is 115 Å². The molecule has 1 saturated heterocycles. The number of hydrogen-bond donors (Lipinski definition) is 1. The Kier molecular flexibility index (Phi) is 4.87. The second kappa shape index (κ2) is 6.41. The number of benzene rings is 1. The van der Waals surface area contributed by atoms with Crippen molar-refractivity contribution in [2.45, 2.75) is 12.5 Å². The molecule has 0 radical (unpaired) electrons. The molecule has 0 saturated carbocycles. The summed E-state index contributed by atoms with van der Waals surface area (Å²) >= 11 is 6.34. The van der Waals surface area contributed by atoms with E-state index in [9.17, 15) is 0 Å². The standard InChI is InChI=1S/C14H22ClN3/c1-17(2)11-12-10-16-8-5-9-18(12)14-7-4-3-6-13(14)15/h3-4,6-7,12,16H,5,8-11H2,1-2H3. The SMILES string of the molecule is CN(C)CC1CNCCCN1c1ccccc1Cl. The van der Waals surface area contributed by atoms with E-state index in [1.807, 2.05) is 12.1 Å². The van der Waals surface area contributed by atoms with Gasteiger partial charge in [-0.25, -0.2) is 0 Å². The van der Waals surface area contributed by atoms with Gasteiger partial charge in [-0.05, 0) is 39.2 Å². The summed E-state index contributed by atoms with van der Waals surface area (Å²) in [7, 11) is 4.24. The quantitative estimate of drug-likeness (QED) is 0.905. The molecule has 0 aromatic heterocycles. The summed E-state index contributed by atoms with van der Waals surface area (Å²) in [5.74, 6) is 0. The van der Waals surface area contributed by atoms with Crippen LogP contribution in [0, 0.1) is 0 Å². The van der Waals surface area contributed by atoms with Crippen molar-refractivity contribution >= 4 is 17.3 Å². The van der Waals surface area contributed by atoms with E-state index in [1.54, 1.807) is 0 Å². The van der Waals surface area contributed by atoms with Crippen LogP contribution in [0.25, 0.3) is 0 Å². The molecule has 1 heterocycles. The van der Waals surface area contributed by atoms with Crippen LogP contribution in [0.5, 0.6) is 0 Å². The molecule has 1 unspecified atom stereocenters. The molecular formula is C14H22ClN3. The van der Waals surface area contributed by atoms with Crippen LogP contribution in [-0.4, -0.2) is 51.2 Å². The lowest BCUT2D eigenvalue weighted by atomic mass is 10.2. The fourth-order valence-electron chi connectivity index (χ4n) is 2.52. The van der Waals surface area contributed by atoms with Crippen LogP contribution in [0.4, 0.5) is 5.69 Å². The highest BCUT2D eigenvalue weighted by Gasteiger charge is 2.22. The van der Waals surface area contributed by atoms with Crippen LogP contribution in [0.3, 0.4) is 0 Å². The average Bonchev–Trinajstić information content (AvgIpc) is 2.55. The summed E-state index contributed by atoms with van der Waals surface area (Å²) < 4.78 is 0. The maximum absolute atomic E-state index is 6.34. The first-order valence-electron chi connectivity index (χ1n) is 6.55. The first kappa shape index (κ1) is 13.7. The van der Waals surface area contributed by atoms with Gasteiger partial charge in [0.05, 0.1) is 16.8 Å². The third-order valence-electron chi connectivity index (χ3n) is 3.31. The van der Waals surface area contributed by atoms with Gasteiger partial charge in [0.1, 0.15) is 0 Å². The monoisotopic (exact) mass is 267 g/mol. The first-order valence-corrected chi connectivity index (χ1v) is 6.93. The molecule has 18 heavy (non-hydrogen) atoms. The molecule has 0 spiro atoms. The topological polar surface area (TPSA) is 18.5 Å². The average molecular weight is 268 g/mol. The second-order valence-corrected chi connectivity index (χ2v) is 5.53. The number of likely N-dealkylation sites (N-methyl/N-ethyl adjacent to an activating group) is 1. The van der Waals surface area contributed by atoms with E-state index in [0.29, 0.717) is 6.04 Å². The molecule has 1 atom stereocenters. The number of halogens is 1. The zero-order valence-corrected chi connectivity index (χ0v) is 12.0. The molecule has 1 N–H and O–H groups in total. The molecule has 4 heteroatoms. The summed E-state index contributed by atoms with van der Waals surface area (Å²) in [5, 5.41) is 4.36. The van der Waals surface area contributed by atoms with Crippen molar-refractivity contribution in [1.82, 2.24) is 10.2 Å². The zero-order chi connectivity index (χ0) is 13.0. The molecule has 1 aliphatic heterocycles. The Morgan fingerprint density at radius 3 is 2.89 bits per heavy atom. The second-order valence-electron chi connectivity index (χ2n) is 5.12. The Bertz CT molecular complexity index is 381. The van der Waals surface area contributed by atoms with Gasteiger partial charge in [0.15, 0.2) is 0 Å². The highest BCUT2D eigenvalue weighted by molar-refractivity contribution is 6.33. The molecule has 0 aliphatic carbocycles. The lowest BCUT2D eigenvalue weighted by molar-refractivity contribution is 0.361. The van der Waals surface area contributed by atoms with Crippen molar-refractivity contribution in [3.05, 3.63) is 29.3 Å². The normalized spacial score (nSPS) is 21.1. The number of para-hydroxylation sites is 1. The fraction of sp³-hybridized carbons (Fsp3) is 0.571. The van der Waals surface area contributed by atoms with E-state index in [-0.39, 0.29) is 0 Å². The van der Waals surface area contributed by atoms with Crippen LogP contribution in [0.1, 0.15) is 6.42 Å². The van der Waals surface area contributed by atoms with E-state index < -0.39 is 0 Å². The summed E-state index contributed by atoms with van der Waals surface area (Å²) in [5.41, 5.74) is 1.16. The number of anilines is 1. The summed E-state index contributed by atoms with van der Waals surface area (Å²) in [4.78, 5) is 4.68. The van der Waals surface area contributed by atoms with Crippen molar-refractivity contribution < 1.29 is 0 Å². The molecule has 0 bridgehead atoms. The third kappa shape index (κ3) is 3.37. The third-order valence-corrected chi connectivity index (χ3v) is 3.63. The Hall–Kier alpha value is -0.770. The maximum atomic E-state index is 6.34. The van der Waals surface area contributed by atoms with Crippen molar-refractivity contribution in [2.75, 3.05) is 45.2 Å². The van der Waals surface area contributed by atoms with Gasteiger partial charge in [-0.3, -0.25) is 0 Å². The molecular weight excluding hydrogens is 246 g/mol. The lowest BCUT2D eigenvalue weighted by Crippen LogP contribution is -2.46. The van der Waals surface area contributed by atoms with E-state index in [4.69, 9.17) is 11.6 Å². The smallest absolute Gasteiger partial charge is 0.0639 e. The molecule has 100 valence electrons. The molecule has 2 rings (SSSR count). The minimum absolute atomic E-state index is 0.474. The molecule has 1 aromatic rings. The van der Waals surface area contributed by atoms with Crippen LogP contribution < -0.4 is 10.2 Å². The number of hydrogen-bond acceptors (Lipinski definition) is 3. The summed E-state index contributed by atoms with van der Waals surface area (Å²) in [6.45, 7) is 4.21. The minimum Gasteiger partial charge on any atom is -0.365 e. The van der Waals surface area contributed by atoms with Crippen LogP contribution in [0.2, 0.25) is 5.02 Å². The first-order chi connectivity index (χ1) is 8.68. The predicted molar refractivity (Wildman–Crippen MR) is 78.6 cm³/mol. The molecule has 1 fully saturated rings. The maximum Gasteiger partial charge on any atom is 0.0639 e. The largest absolute Gasteiger partial charge is 0.365 e. The van der Waals surface area contributed by atoms with E-state index in [0.717, 1.165) is 43.3 Å². The number of rotatable bonds is 3. The van der Waals surface area contributed by atoms with Gasteiger partial charge in [-0.2, -0.15) is 0 Å². The Morgan fingerprint density at radius 2 is 2.17 bits per heavy atom. The highest BCUT2D eigenvalue weighted by atomic mass is 35.5. The van der Waals surface area contributed by atoms with Gasteiger partial charge < -0.3 is 15.1 Å². The van der Waals surface area contributed by atoms with Crippen LogP contribution in [-0.2, 0) is 0 Å². The molecule has 1 aliphatic rings. The van der Waals surface area contributed by atoms with Gasteiger partial charge in [0.2, 0.25) is 0 Å². The van der Waals surface area contributed by atoms with Gasteiger partial charge in [-0.1, -0.05) is 23.7 Å². The van der Waals surface area contributed by atoms with Crippen molar-refractivity contribution in [1.29, 1.82) is 0 Å². The highest BCUT2D eigenvalue weighted by Crippen LogP contribution is 2.27. The van der Waals surface area contributed by atoms with Crippen molar-refractivity contribution in [3.63, 3.8) is 0 Å². The van der Waals surface area contributed by atoms with Crippen LogP contribution >= 0.6 is 11.6 Å². The zero-order valence-electron chi connectivity index (χ0n) is 11.2. The minimum atomic E-state index is 0.474. The Morgan fingerprint density at radius 1 is 1.39 bits per heavy atom. The Balaban J connectivity index is 2.22. The van der Waals surface area contributed by atoms with E-state index in [1.165, 1.54) is 0 Å². The van der Waals surface area contributed by atoms with E-state index in [2.05, 4.69) is 41.3 Å². The summed E-state index contributed by atoms with van der Waals surface area (Å²) in [6, 6.07) is 8.62. The van der Waals surface area contributed by atoms with Crippen molar-refractivity contribution in [3.8, 4) is 0 Å². The summed E-state index contributed by atoms with van der Waals surface area (Å²) in [6.07, 6.45) is 1.16. The molecule has 1 aromatic carbocycles. The van der Waals surface area contributed by atoms with Gasteiger partial charge in [-0.15, -0.1) is 0 Å². The number of nitrogens with one attached hydrogen (secondary N) is 1. The van der Waals surface area contributed by atoms with Gasteiger partial charge >= 0.3 is 0 Å².